The summed E-state index contributed by atoms with van der Waals surface area (Å²) in [6, 6.07) is 3.13. The average Bonchev–Trinajstić information content (AvgIpc) is 3.01. The first kappa shape index (κ1) is 18.5. The van der Waals surface area contributed by atoms with E-state index in [1.807, 2.05) is 26.8 Å². The third-order valence-corrected chi connectivity index (χ3v) is 5.63. The van der Waals surface area contributed by atoms with Gasteiger partial charge in [0.15, 0.2) is 0 Å². The maximum atomic E-state index is 14.4. The Labute approximate surface area is 162 Å². The van der Waals surface area contributed by atoms with Crippen LogP contribution in [-0.2, 0) is 17.6 Å². The van der Waals surface area contributed by atoms with Gasteiger partial charge in [-0.05, 0) is 62.4 Å². The number of hydrogen-bond acceptors (Lipinski definition) is 3. The van der Waals surface area contributed by atoms with Crippen LogP contribution in [0.25, 0.3) is 11.8 Å². The first-order chi connectivity index (χ1) is 13.3. The zero-order chi connectivity index (χ0) is 20.0. The van der Waals surface area contributed by atoms with Crippen LogP contribution in [0.2, 0.25) is 0 Å². The van der Waals surface area contributed by atoms with E-state index >= 15 is 0 Å². The van der Waals surface area contributed by atoms with Gasteiger partial charge in [0.2, 0.25) is 5.91 Å². The minimum atomic E-state index is -0.349. The number of pyridine rings is 1. The monoisotopic (exact) mass is 380 g/mol. The molecular formula is C22H23FN3O2. The minimum Gasteiger partial charge on any atom is -0.379 e. The van der Waals surface area contributed by atoms with Gasteiger partial charge in [0.1, 0.15) is 5.82 Å². The SMILES string of the molecule is CC1=c2c(C)c(CC(=O)N[C@H]3CCc4cc(C)cc(F)c43)c(=O)[nH]c2=C[CH]N1. The fourth-order valence-electron chi connectivity index (χ4n) is 4.34. The predicted octanol–water partition coefficient (Wildman–Crippen LogP) is 1.15. The van der Waals surface area contributed by atoms with Crippen LogP contribution in [0, 0.1) is 26.2 Å². The Morgan fingerprint density at radius 3 is 2.86 bits per heavy atom. The van der Waals surface area contributed by atoms with E-state index in [2.05, 4.69) is 15.6 Å². The standard InChI is InChI=1S/C22H23FN3O2/c1-11-8-14-4-5-17(21(14)16(23)9-11)25-19(27)10-15-12(2)20-13(3)24-7-6-18(20)26-22(15)28/h6-9,17,24H,4-5,10H2,1-3H3,(H,25,27)(H,26,28)/t17-/m0/s1. The number of carbonyl (C=O) groups is 1. The van der Waals surface area contributed by atoms with E-state index in [4.69, 9.17) is 0 Å². The van der Waals surface area contributed by atoms with Crippen LogP contribution in [0.1, 0.15) is 47.2 Å². The molecule has 1 amide bonds. The lowest BCUT2D eigenvalue weighted by Crippen LogP contribution is -2.45. The second-order valence-corrected chi connectivity index (χ2v) is 7.60. The van der Waals surface area contributed by atoms with Gasteiger partial charge < -0.3 is 15.6 Å². The lowest BCUT2D eigenvalue weighted by atomic mass is 10.0. The summed E-state index contributed by atoms with van der Waals surface area (Å²) in [6.45, 7) is 7.42. The third kappa shape index (κ3) is 3.13. The fourth-order valence-corrected chi connectivity index (χ4v) is 4.34. The van der Waals surface area contributed by atoms with E-state index in [1.165, 1.54) is 6.07 Å². The first-order valence-corrected chi connectivity index (χ1v) is 9.46. The molecule has 2 aliphatic rings. The number of nitrogens with one attached hydrogen (secondary N) is 3. The van der Waals surface area contributed by atoms with Crippen molar-refractivity contribution >= 4 is 17.7 Å². The Morgan fingerprint density at radius 1 is 1.29 bits per heavy atom. The third-order valence-electron chi connectivity index (χ3n) is 5.63. The molecule has 2 heterocycles. The normalized spacial score (nSPS) is 17.4. The number of aromatic amines is 1. The zero-order valence-electron chi connectivity index (χ0n) is 16.2. The van der Waals surface area contributed by atoms with Crippen LogP contribution in [0.5, 0.6) is 0 Å². The second-order valence-electron chi connectivity index (χ2n) is 7.60. The van der Waals surface area contributed by atoms with Gasteiger partial charge in [0.25, 0.3) is 5.56 Å². The molecule has 4 rings (SSSR count). The summed E-state index contributed by atoms with van der Waals surface area (Å²) in [6.07, 6.45) is 3.18. The molecule has 6 heteroatoms. The van der Waals surface area contributed by atoms with Crippen molar-refractivity contribution in [3.8, 4) is 0 Å². The van der Waals surface area contributed by atoms with Gasteiger partial charge in [0, 0.05) is 27.4 Å². The van der Waals surface area contributed by atoms with Crippen LogP contribution in [0.15, 0.2) is 16.9 Å². The number of amides is 1. The molecule has 0 saturated heterocycles. The molecule has 1 aromatic heterocycles. The van der Waals surface area contributed by atoms with Crippen LogP contribution >= 0.6 is 0 Å². The lowest BCUT2D eigenvalue weighted by Gasteiger charge is -2.17. The highest BCUT2D eigenvalue weighted by Gasteiger charge is 2.28. The van der Waals surface area contributed by atoms with Crippen molar-refractivity contribution in [2.75, 3.05) is 0 Å². The molecule has 1 radical (unpaired) electrons. The van der Waals surface area contributed by atoms with Crippen molar-refractivity contribution in [3.63, 3.8) is 0 Å². The summed E-state index contributed by atoms with van der Waals surface area (Å²) in [4.78, 5) is 28.1. The van der Waals surface area contributed by atoms with E-state index in [9.17, 15) is 14.0 Å². The largest absolute Gasteiger partial charge is 0.379 e. The molecule has 0 spiro atoms. The summed E-state index contributed by atoms with van der Waals surface area (Å²) in [5, 5.41) is 7.71. The van der Waals surface area contributed by atoms with Gasteiger partial charge in [-0.15, -0.1) is 0 Å². The predicted molar refractivity (Wildman–Crippen MR) is 106 cm³/mol. The lowest BCUT2D eigenvalue weighted by molar-refractivity contribution is -0.121. The molecule has 0 saturated carbocycles. The number of benzene rings is 1. The molecule has 1 aliphatic carbocycles. The van der Waals surface area contributed by atoms with Gasteiger partial charge in [0.05, 0.1) is 19.0 Å². The zero-order valence-corrected chi connectivity index (χ0v) is 16.2. The van der Waals surface area contributed by atoms with Crippen LogP contribution in [0.3, 0.4) is 0 Å². The van der Waals surface area contributed by atoms with Gasteiger partial charge in [-0.3, -0.25) is 9.59 Å². The highest BCUT2D eigenvalue weighted by atomic mass is 19.1. The Balaban J connectivity index is 1.61. The molecule has 0 unspecified atom stereocenters. The number of halogens is 1. The molecule has 2 aromatic rings. The Morgan fingerprint density at radius 2 is 2.07 bits per heavy atom. The summed E-state index contributed by atoms with van der Waals surface area (Å²) in [7, 11) is 0. The Bertz CT molecular complexity index is 1160. The van der Waals surface area contributed by atoms with Gasteiger partial charge >= 0.3 is 0 Å². The summed E-state index contributed by atoms with van der Waals surface area (Å²) >= 11 is 0. The minimum absolute atomic E-state index is 0.0369. The Kier molecular flexibility index (Phi) is 4.57. The number of carbonyl (C=O) groups excluding carboxylic acids is 1. The highest BCUT2D eigenvalue weighted by Crippen LogP contribution is 2.34. The molecular weight excluding hydrogens is 357 g/mol. The van der Waals surface area contributed by atoms with E-state index in [0.29, 0.717) is 17.5 Å². The molecule has 145 valence electrons. The smallest absolute Gasteiger partial charge is 0.252 e. The van der Waals surface area contributed by atoms with Crippen LogP contribution < -0.4 is 26.8 Å². The van der Waals surface area contributed by atoms with Crippen molar-refractivity contribution in [2.24, 2.45) is 0 Å². The van der Waals surface area contributed by atoms with Gasteiger partial charge in [-0.25, -0.2) is 4.39 Å². The van der Waals surface area contributed by atoms with Crippen molar-refractivity contribution in [3.05, 3.63) is 73.2 Å². The van der Waals surface area contributed by atoms with Crippen molar-refractivity contribution in [2.45, 2.75) is 46.1 Å². The Hall–Kier alpha value is -2.89. The number of rotatable bonds is 3. The van der Waals surface area contributed by atoms with E-state index < -0.39 is 0 Å². The number of aromatic nitrogens is 1. The van der Waals surface area contributed by atoms with Crippen molar-refractivity contribution in [1.29, 1.82) is 0 Å². The van der Waals surface area contributed by atoms with Gasteiger partial charge in [-0.2, -0.15) is 0 Å². The topological polar surface area (TPSA) is 74.0 Å². The highest BCUT2D eigenvalue weighted by molar-refractivity contribution is 5.79. The van der Waals surface area contributed by atoms with Crippen molar-refractivity contribution in [1.82, 2.24) is 15.6 Å². The number of hydrogen-bond donors (Lipinski definition) is 3. The van der Waals surface area contributed by atoms with E-state index in [-0.39, 0.29) is 29.7 Å². The maximum absolute atomic E-state index is 14.4. The molecule has 5 nitrogen and oxygen atoms in total. The molecule has 28 heavy (non-hydrogen) atoms. The number of aryl methyl sites for hydroxylation is 2. The van der Waals surface area contributed by atoms with Crippen LogP contribution in [0.4, 0.5) is 4.39 Å². The van der Waals surface area contributed by atoms with E-state index in [0.717, 1.165) is 39.4 Å². The quantitative estimate of drug-likeness (QED) is 0.748. The molecule has 0 fully saturated rings. The summed E-state index contributed by atoms with van der Waals surface area (Å²) < 4.78 is 14.4. The van der Waals surface area contributed by atoms with Gasteiger partial charge in [-0.1, -0.05) is 6.07 Å². The maximum Gasteiger partial charge on any atom is 0.252 e. The molecule has 1 aromatic carbocycles. The molecule has 3 N–H and O–H groups in total. The second kappa shape index (κ2) is 6.93. The summed E-state index contributed by atoms with van der Waals surface area (Å²) in [5.41, 5.74) is 4.30. The molecule has 1 aliphatic heterocycles. The number of fused-ring (bicyclic) bond motifs is 2. The summed E-state index contributed by atoms with van der Waals surface area (Å²) in [5.74, 6) is -0.549. The molecule has 0 bridgehead atoms. The van der Waals surface area contributed by atoms with Crippen LogP contribution in [-0.4, -0.2) is 10.9 Å². The number of H-pyrrole nitrogens is 1. The van der Waals surface area contributed by atoms with Crippen molar-refractivity contribution < 1.29 is 9.18 Å². The first-order valence-electron chi connectivity index (χ1n) is 9.46. The average molecular weight is 380 g/mol. The van der Waals surface area contributed by atoms with E-state index in [1.54, 1.807) is 12.6 Å². The molecule has 1 atom stereocenters. The fraction of sp³-hybridized carbons (Fsp3) is 0.318.